The average molecular weight is 711 g/mol. The minimum atomic E-state index is 0.874. The molecule has 4 aromatic heterocycles. The van der Waals surface area contributed by atoms with E-state index in [4.69, 9.17) is 9.97 Å². The molecule has 13 aromatic rings. The Bertz CT molecular complexity index is 3750. The largest absolute Gasteiger partial charge is 0.309 e. The lowest BCUT2D eigenvalue weighted by molar-refractivity contribution is 1.19. The number of hydrogen-bond donors (Lipinski definition) is 0. The molecule has 0 amide bonds. The third-order valence-corrected chi connectivity index (χ3v) is 12.0. The Kier molecular flexibility index (Phi) is 5.86. The van der Waals surface area contributed by atoms with Gasteiger partial charge < -0.3 is 8.97 Å². The SMILES string of the molecule is c1ccc2c(-c3nc4ccccc4nc3-c3ccc(-n4c5cc6c7ccccc7n7c8ccccc8c(c5c5ccc8ccccc8c54)c67)cc3)cccc2c1. The molecule has 0 unspecified atom stereocenters. The molecule has 0 N–H and O–H groups in total. The highest BCUT2D eigenvalue weighted by Crippen LogP contribution is 2.48. The van der Waals surface area contributed by atoms with Gasteiger partial charge in [0.15, 0.2) is 0 Å². The summed E-state index contributed by atoms with van der Waals surface area (Å²) in [5.74, 6) is 0. The number of para-hydroxylation sites is 4. The van der Waals surface area contributed by atoms with Gasteiger partial charge in [0.25, 0.3) is 0 Å². The van der Waals surface area contributed by atoms with Gasteiger partial charge in [-0.25, -0.2) is 9.97 Å². The van der Waals surface area contributed by atoms with E-state index in [9.17, 15) is 0 Å². The minimum absolute atomic E-state index is 0.874. The fraction of sp³-hybridized carbons (Fsp3) is 0. The maximum atomic E-state index is 5.30. The molecule has 0 radical (unpaired) electrons. The second-order valence-electron chi connectivity index (χ2n) is 14.9. The van der Waals surface area contributed by atoms with Crippen LogP contribution in [0.3, 0.4) is 0 Å². The molecule has 56 heavy (non-hydrogen) atoms. The van der Waals surface area contributed by atoms with Crippen molar-refractivity contribution in [1.82, 2.24) is 18.9 Å². The third kappa shape index (κ3) is 3.92. The monoisotopic (exact) mass is 710 g/mol. The van der Waals surface area contributed by atoms with E-state index in [1.54, 1.807) is 0 Å². The van der Waals surface area contributed by atoms with E-state index in [1.165, 1.54) is 76.1 Å². The summed E-state index contributed by atoms with van der Waals surface area (Å²) in [5.41, 5.74) is 12.9. The number of aromatic nitrogens is 4. The van der Waals surface area contributed by atoms with Crippen LogP contribution in [-0.2, 0) is 0 Å². The first-order valence-electron chi connectivity index (χ1n) is 19.2. The molecule has 0 saturated carbocycles. The first-order chi connectivity index (χ1) is 27.8. The van der Waals surface area contributed by atoms with Crippen LogP contribution in [0.4, 0.5) is 0 Å². The van der Waals surface area contributed by atoms with Gasteiger partial charge in [0.05, 0.1) is 50.0 Å². The van der Waals surface area contributed by atoms with Crippen molar-refractivity contribution in [3.05, 3.63) is 182 Å². The number of benzene rings is 9. The Hall–Kier alpha value is -7.56. The summed E-state index contributed by atoms with van der Waals surface area (Å²) < 4.78 is 4.98. The minimum Gasteiger partial charge on any atom is -0.309 e. The van der Waals surface area contributed by atoms with Gasteiger partial charge in [-0.15, -0.1) is 0 Å². The summed E-state index contributed by atoms with van der Waals surface area (Å²) >= 11 is 0. The van der Waals surface area contributed by atoms with Gasteiger partial charge in [0.1, 0.15) is 0 Å². The number of rotatable bonds is 3. The van der Waals surface area contributed by atoms with E-state index in [1.807, 2.05) is 12.1 Å². The smallest absolute Gasteiger partial charge is 0.0979 e. The summed E-state index contributed by atoms with van der Waals surface area (Å²) in [4.78, 5) is 10.6. The van der Waals surface area contributed by atoms with Crippen LogP contribution < -0.4 is 0 Å². The summed E-state index contributed by atoms with van der Waals surface area (Å²) in [6, 6.07) is 65.7. The molecule has 0 aliphatic heterocycles. The predicted octanol–water partition coefficient (Wildman–Crippen LogP) is 13.5. The van der Waals surface area contributed by atoms with Crippen molar-refractivity contribution in [1.29, 1.82) is 0 Å². The molecule has 4 heteroatoms. The number of nitrogens with zero attached hydrogens (tertiary/aromatic N) is 4. The second-order valence-corrected chi connectivity index (χ2v) is 14.9. The fourth-order valence-electron chi connectivity index (χ4n) is 9.63. The number of fused-ring (bicyclic) bond motifs is 14. The fourth-order valence-corrected chi connectivity index (χ4v) is 9.63. The maximum Gasteiger partial charge on any atom is 0.0979 e. The van der Waals surface area contributed by atoms with E-state index in [2.05, 4.69) is 179 Å². The van der Waals surface area contributed by atoms with Gasteiger partial charge in [0.2, 0.25) is 0 Å². The molecule has 0 spiro atoms. The van der Waals surface area contributed by atoms with Crippen molar-refractivity contribution in [2.45, 2.75) is 0 Å². The highest BCUT2D eigenvalue weighted by Gasteiger charge is 2.25. The maximum absolute atomic E-state index is 5.30. The van der Waals surface area contributed by atoms with E-state index in [0.717, 1.165) is 44.6 Å². The van der Waals surface area contributed by atoms with Gasteiger partial charge >= 0.3 is 0 Å². The molecule has 0 fully saturated rings. The Balaban J connectivity index is 1.12. The molecule has 258 valence electrons. The average Bonchev–Trinajstić information content (AvgIpc) is 3.90. The molecule has 13 rings (SSSR count). The predicted molar refractivity (Wildman–Crippen MR) is 234 cm³/mol. The van der Waals surface area contributed by atoms with Crippen molar-refractivity contribution in [3.8, 4) is 28.2 Å². The molecule has 0 aliphatic rings. The summed E-state index contributed by atoms with van der Waals surface area (Å²) in [6.07, 6.45) is 0. The van der Waals surface area contributed by atoms with Crippen LogP contribution in [0.5, 0.6) is 0 Å². The van der Waals surface area contributed by atoms with Gasteiger partial charge in [-0.05, 0) is 58.6 Å². The van der Waals surface area contributed by atoms with Crippen molar-refractivity contribution < 1.29 is 0 Å². The molecule has 0 atom stereocenters. The summed E-state index contributed by atoms with van der Waals surface area (Å²) in [5, 5.41) is 12.5. The second kappa shape index (κ2) is 11.0. The molecular formula is C52H30N4. The normalized spacial score (nSPS) is 12.3. The number of hydrogen-bond acceptors (Lipinski definition) is 2. The standard InChI is InChI=1S/C52H30N4/c1-3-15-35-31(12-1)14-11-19-38(35)50-49(53-42-20-7-8-21-43(42)54-50)33-24-27-34(28-25-33)55-46-30-41-37-17-5-9-22-44(37)56-45-23-10-6-18-39(45)48(52(41)56)47(46)40-29-26-32-13-2-4-16-36(32)51(40)55/h1-30H. The van der Waals surface area contributed by atoms with Crippen LogP contribution in [0, 0.1) is 0 Å². The van der Waals surface area contributed by atoms with Crippen molar-refractivity contribution in [3.63, 3.8) is 0 Å². The van der Waals surface area contributed by atoms with Gasteiger partial charge in [-0.1, -0.05) is 140 Å². The zero-order valence-electron chi connectivity index (χ0n) is 30.1. The van der Waals surface area contributed by atoms with Crippen LogP contribution in [0.1, 0.15) is 0 Å². The molecule has 0 bridgehead atoms. The molecule has 4 nitrogen and oxygen atoms in total. The first kappa shape index (κ1) is 29.8. The quantitative estimate of drug-likeness (QED) is 0.183. The van der Waals surface area contributed by atoms with Gasteiger partial charge in [0, 0.05) is 54.5 Å². The lowest BCUT2D eigenvalue weighted by Gasteiger charge is -2.14. The molecule has 9 aromatic carbocycles. The van der Waals surface area contributed by atoms with Crippen LogP contribution in [0.2, 0.25) is 0 Å². The lowest BCUT2D eigenvalue weighted by atomic mass is 9.98. The highest BCUT2D eigenvalue weighted by molar-refractivity contribution is 6.37. The zero-order valence-corrected chi connectivity index (χ0v) is 30.1. The molecule has 0 saturated heterocycles. The van der Waals surface area contributed by atoms with Crippen molar-refractivity contribution in [2.24, 2.45) is 0 Å². The topological polar surface area (TPSA) is 35.1 Å². The first-order valence-corrected chi connectivity index (χ1v) is 19.2. The highest BCUT2D eigenvalue weighted by atomic mass is 15.0. The van der Waals surface area contributed by atoms with E-state index in [-0.39, 0.29) is 0 Å². The van der Waals surface area contributed by atoms with Crippen molar-refractivity contribution in [2.75, 3.05) is 0 Å². The summed E-state index contributed by atoms with van der Waals surface area (Å²) in [7, 11) is 0. The van der Waals surface area contributed by atoms with Gasteiger partial charge in [-0.3, -0.25) is 0 Å². The Labute approximate surface area is 320 Å². The molecule has 0 aliphatic carbocycles. The Morgan fingerprint density at radius 2 is 0.964 bits per heavy atom. The third-order valence-electron chi connectivity index (χ3n) is 12.0. The zero-order chi connectivity index (χ0) is 36.5. The van der Waals surface area contributed by atoms with Crippen LogP contribution >= 0.6 is 0 Å². The molecular weight excluding hydrogens is 681 g/mol. The lowest BCUT2D eigenvalue weighted by Crippen LogP contribution is -1.98. The van der Waals surface area contributed by atoms with Crippen molar-refractivity contribution >= 4 is 92.5 Å². The van der Waals surface area contributed by atoms with E-state index in [0.29, 0.717) is 0 Å². The Morgan fingerprint density at radius 1 is 0.357 bits per heavy atom. The van der Waals surface area contributed by atoms with Crippen LogP contribution in [0.15, 0.2) is 182 Å². The Morgan fingerprint density at radius 3 is 1.75 bits per heavy atom. The van der Waals surface area contributed by atoms with Crippen LogP contribution in [-0.4, -0.2) is 18.9 Å². The van der Waals surface area contributed by atoms with Crippen LogP contribution in [0.25, 0.3) is 121 Å². The molecule has 4 heterocycles. The summed E-state index contributed by atoms with van der Waals surface area (Å²) in [6.45, 7) is 0. The van der Waals surface area contributed by atoms with Gasteiger partial charge in [-0.2, -0.15) is 0 Å². The van der Waals surface area contributed by atoms with E-state index < -0.39 is 0 Å². The van der Waals surface area contributed by atoms with E-state index >= 15 is 0 Å².